The summed E-state index contributed by atoms with van der Waals surface area (Å²) in [6.07, 6.45) is 0. The van der Waals surface area contributed by atoms with Gasteiger partial charge in [-0.1, -0.05) is 133 Å². The molecule has 1 spiro atoms. The average molecular weight is 553 g/mol. The summed E-state index contributed by atoms with van der Waals surface area (Å²) in [4.78, 5) is 12.9. The van der Waals surface area contributed by atoms with E-state index in [0.717, 1.165) is 33.5 Å². The van der Waals surface area contributed by atoms with Crippen molar-refractivity contribution in [3.63, 3.8) is 0 Å². The lowest BCUT2D eigenvalue weighted by Crippen LogP contribution is -2.31. The first-order chi connectivity index (χ1) is 20.8. The smallest absolute Gasteiger partial charge is 0.160 e. The SMILES string of the molecule is c1ccc(-c2nc(-c3ccc4c(c3)C3(c5ccccc5Sc5ccccc53)c3ccccc3-4)nc3ccccc23)cc1. The molecule has 0 saturated carbocycles. The van der Waals surface area contributed by atoms with Gasteiger partial charge < -0.3 is 0 Å². The third-order valence-electron chi connectivity index (χ3n) is 8.76. The molecule has 7 aromatic rings. The lowest BCUT2D eigenvalue weighted by atomic mass is 9.67. The van der Waals surface area contributed by atoms with Gasteiger partial charge in [0.05, 0.1) is 16.6 Å². The Balaban J connectivity index is 1.35. The van der Waals surface area contributed by atoms with Crippen LogP contribution in [0.4, 0.5) is 0 Å². The van der Waals surface area contributed by atoms with Crippen molar-refractivity contribution >= 4 is 22.7 Å². The van der Waals surface area contributed by atoms with Crippen LogP contribution in [0.3, 0.4) is 0 Å². The number of para-hydroxylation sites is 1. The number of hydrogen-bond acceptors (Lipinski definition) is 3. The van der Waals surface area contributed by atoms with Gasteiger partial charge in [-0.3, -0.25) is 0 Å². The normalized spacial score (nSPS) is 13.8. The monoisotopic (exact) mass is 552 g/mol. The summed E-state index contributed by atoms with van der Waals surface area (Å²) in [6, 6.07) is 52.3. The molecule has 0 saturated heterocycles. The average Bonchev–Trinajstić information content (AvgIpc) is 3.35. The number of fused-ring (bicyclic) bond motifs is 10. The van der Waals surface area contributed by atoms with Gasteiger partial charge in [-0.2, -0.15) is 0 Å². The summed E-state index contributed by atoms with van der Waals surface area (Å²) in [5.74, 6) is 0.744. The number of rotatable bonds is 2. The zero-order valence-corrected chi connectivity index (χ0v) is 23.5. The van der Waals surface area contributed by atoms with Crippen molar-refractivity contribution in [1.29, 1.82) is 0 Å². The van der Waals surface area contributed by atoms with Gasteiger partial charge >= 0.3 is 0 Å². The van der Waals surface area contributed by atoms with Crippen LogP contribution in [0.1, 0.15) is 22.3 Å². The molecule has 6 aromatic carbocycles. The standard InChI is InChI=1S/C39H24N2S/c1-2-12-25(13-3-1)37-29-15-5-9-19-34(29)40-38(41-37)26-22-23-28-27-14-4-6-16-30(27)39(33(28)24-26)31-17-7-10-20-35(31)42-36-21-11-8-18-32(36)39/h1-24H. The van der Waals surface area contributed by atoms with Gasteiger partial charge in [0, 0.05) is 26.3 Å². The molecule has 1 aliphatic carbocycles. The van der Waals surface area contributed by atoms with Crippen LogP contribution in [0.2, 0.25) is 0 Å². The molecule has 0 bridgehead atoms. The molecule has 0 unspecified atom stereocenters. The van der Waals surface area contributed by atoms with Crippen molar-refractivity contribution in [1.82, 2.24) is 9.97 Å². The molecule has 0 fully saturated rings. The summed E-state index contributed by atoms with van der Waals surface area (Å²) in [5.41, 5.74) is 11.5. The Labute approximate surface area is 248 Å². The van der Waals surface area contributed by atoms with E-state index in [1.807, 2.05) is 17.8 Å². The van der Waals surface area contributed by atoms with Crippen LogP contribution in [0.25, 0.3) is 44.7 Å². The molecule has 0 amide bonds. The maximum Gasteiger partial charge on any atom is 0.160 e. The van der Waals surface area contributed by atoms with Crippen LogP contribution < -0.4 is 0 Å². The summed E-state index contributed by atoms with van der Waals surface area (Å²) in [5, 5.41) is 1.06. The molecule has 2 nitrogen and oxygen atoms in total. The molecule has 1 aromatic heterocycles. The van der Waals surface area contributed by atoms with Crippen LogP contribution in [0, 0.1) is 0 Å². The van der Waals surface area contributed by atoms with E-state index < -0.39 is 5.41 Å². The Kier molecular flexibility index (Phi) is 5.08. The van der Waals surface area contributed by atoms with Crippen LogP contribution >= 0.6 is 11.8 Å². The second-order valence-corrected chi connectivity index (χ2v) is 12.0. The fraction of sp³-hybridized carbons (Fsp3) is 0.0256. The molecular formula is C39H24N2S. The topological polar surface area (TPSA) is 25.8 Å². The van der Waals surface area contributed by atoms with E-state index >= 15 is 0 Å². The molecule has 2 aliphatic rings. The van der Waals surface area contributed by atoms with Gasteiger partial charge in [-0.25, -0.2) is 9.97 Å². The molecule has 3 heteroatoms. The summed E-state index contributed by atoms with van der Waals surface area (Å²) in [7, 11) is 0. The van der Waals surface area contributed by atoms with Crippen LogP contribution in [0.5, 0.6) is 0 Å². The Bertz CT molecular complexity index is 2140. The second-order valence-electron chi connectivity index (χ2n) is 10.9. The van der Waals surface area contributed by atoms with Crippen molar-refractivity contribution < 1.29 is 0 Å². The maximum absolute atomic E-state index is 5.22. The van der Waals surface area contributed by atoms with Gasteiger partial charge in [-0.15, -0.1) is 0 Å². The molecule has 196 valence electrons. The molecule has 42 heavy (non-hydrogen) atoms. The van der Waals surface area contributed by atoms with Crippen molar-refractivity contribution in [2.45, 2.75) is 15.2 Å². The lowest BCUT2D eigenvalue weighted by Gasteiger charge is -2.39. The highest BCUT2D eigenvalue weighted by Gasteiger charge is 2.50. The van der Waals surface area contributed by atoms with Gasteiger partial charge in [-0.05, 0) is 57.6 Å². The zero-order chi connectivity index (χ0) is 27.7. The van der Waals surface area contributed by atoms with E-state index in [1.54, 1.807) is 0 Å². The zero-order valence-electron chi connectivity index (χ0n) is 22.7. The summed E-state index contributed by atoms with van der Waals surface area (Å²) >= 11 is 1.87. The third-order valence-corrected chi connectivity index (χ3v) is 9.91. The fourth-order valence-corrected chi connectivity index (χ4v) is 8.21. The maximum atomic E-state index is 5.22. The minimum absolute atomic E-state index is 0.417. The van der Waals surface area contributed by atoms with Crippen LogP contribution in [-0.2, 0) is 5.41 Å². The van der Waals surface area contributed by atoms with E-state index in [1.165, 1.54) is 43.2 Å². The Morgan fingerprint density at radius 3 is 1.86 bits per heavy atom. The van der Waals surface area contributed by atoms with E-state index in [4.69, 9.17) is 9.97 Å². The summed E-state index contributed by atoms with van der Waals surface area (Å²) in [6.45, 7) is 0. The second kappa shape index (κ2) is 9.01. The van der Waals surface area contributed by atoms with Gasteiger partial charge in [0.15, 0.2) is 5.82 Å². The number of benzene rings is 6. The Morgan fingerprint density at radius 1 is 0.452 bits per heavy atom. The first-order valence-corrected chi connectivity index (χ1v) is 15.1. The minimum Gasteiger partial charge on any atom is -0.228 e. The van der Waals surface area contributed by atoms with Crippen molar-refractivity contribution in [3.8, 4) is 33.8 Å². The molecule has 9 rings (SSSR count). The largest absolute Gasteiger partial charge is 0.228 e. The predicted octanol–water partition coefficient (Wildman–Crippen LogP) is 9.79. The molecule has 2 heterocycles. The van der Waals surface area contributed by atoms with Crippen LogP contribution in [-0.4, -0.2) is 9.97 Å². The number of hydrogen-bond donors (Lipinski definition) is 0. The molecule has 1 aliphatic heterocycles. The highest BCUT2D eigenvalue weighted by atomic mass is 32.2. The van der Waals surface area contributed by atoms with Crippen molar-refractivity contribution in [2.24, 2.45) is 0 Å². The van der Waals surface area contributed by atoms with Crippen molar-refractivity contribution in [3.05, 3.63) is 168 Å². The quantitative estimate of drug-likeness (QED) is 0.213. The molecule has 0 radical (unpaired) electrons. The van der Waals surface area contributed by atoms with E-state index in [2.05, 4.69) is 140 Å². The highest BCUT2D eigenvalue weighted by Crippen LogP contribution is 2.62. The lowest BCUT2D eigenvalue weighted by molar-refractivity contribution is 0.722. The third kappa shape index (κ3) is 3.23. The highest BCUT2D eigenvalue weighted by molar-refractivity contribution is 7.99. The Hall–Kier alpha value is -4.99. The van der Waals surface area contributed by atoms with Crippen LogP contribution in [0.15, 0.2) is 155 Å². The number of aromatic nitrogens is 2. The molecule has 0 atom stereocenters. The van der Waals surface area contributed by atoms with Gasteiger partial charge in [0.25, 0.3) is 0 Å². The fourth-order valence-electron chi connectivity index (χ4n) is 7.02. The van der Waals surface area contributed by atoms with Crippen molar-refractivity contribution in [2.75, 3.05) is 0 Å². The Morgan fingerprint density at radius 2 is 1.07 bits per heavy atom. The first-order valence-electron chi connectivity index (χ1n) is 14.3. The minimum atomic E-state index is -0.417. The summed E-state index contributed by atoms with van der Waals surface area (Å²) < 4.78 is 0. The predicted molar refractivity (Wildman–Crippen MR) is 172 cm³/mol. The van der Waals surface area contributed by atoms with E-state index in [-0.39, 0.29) is 0 Å². The van der Waals surface area contributed by atoms with E-state index in [0.29, 0.717) is 0 Å². The van der Waals surface area contributed by atoms with E-state index in [9.17, 15) is 0 Å². The molecular weight excluding hydrogens is 529 g/mol. The molecule has 0 N–H and O–H groups in total. The number of nitrogens with zero attached hydrogens (tertiary/aromatic N) is 2. The first kappa shape index (κ1) is 23.7. The van der Waals surface area contributed by atoms with Gasteiger partial charge in [0.2, 0.25) is 0 Å². The van der Waals surface area contributed by atoms with Gasteiger partial charge in [0.1, 0.15) is 0 Å².